The summed E-state index contributed by atoms with van der Waals surface area (Å²) in [7, 11) is 0. The summed E-state index contributed by atoms with van der Waals surface area (Å²) in [5, 5.41) is 9.89. The molecule has 2 heteroatoms. The van der Waals surface area contributed by atoms with Crippen molar-refractivity contribution in [1.29, 1.82) is 0 Å². The van der Waals surface area contributed by atoms with Crippen LogP contribution < -0.4 is 4.90 Å². The Morgan fingerprint density at radius 3 is 1.37 bits per heavy atom. The van der Waals surface area contributed by atoms with E-state index in [2.05, 4.69) is 313 Å². The molecule has 17 rings (SSSR count). The number of benzene rings is 14. The monoisotopic (exact) mass is 1030 g/mol. The highest BCUT2D eigenvalue weighted by Crippen LogP contribution is 2.64. The number of fused-ring (bicyclic) bond motifs is 16. The van der Waals surface area contributed by atoms with Crippen LogP contribution in [-0.2, 0) is 5.41 Å². The zero-order chi connectivity index (χ0) is 53.2. The van der Waals surface area contributed by atoms with E-state index in [1.807, 2.05) is 0 Å². The SMILES string of the molecule is c1ccc(-c2c3ccccc3c(-c3ccc(N(c4ccc5c(c4)C4(c6ccccc6-c6ccccc64)c4cc(-c6ccc7ccccc7c6)ccc4-5)c4ccc5c(c4)c4ccccc4n5-c4ccccc4)cc3)c3ccccc23)cc1. The molecule has 0 aliphatic heterocycles. The first-order chi connectivity index (χ1) is 40.2. The number of hydrogen-bond acceptors (Lipinski definition) is 1. The van der Waals surface area contributed by atoms with Gasteiger partial charge in [0.25, 0.3) is 0 Å². The van der Waals surface area contributed by atoms with Crippen molar-refractivity contribution >= 4 is 71.2 Å². The van der Waals surface area contributed by atoms with Crippen LogP contribution >= 0.6 is 0 Å². The van der Waals surface area contributed by atoms with Gasteiger partial charge >= 0.3 is 0 Å². The number of anilines is 3. The summed E-state index contributed by atoms with van der Waals surface area (Å²) in [6.45, 7) is 0. The molecule has 81 heavy (non-hydrogen) atoms. The van der Waals surface area contributed by atoms with Crippen molar-refractivity contribution in [2.24, 2.45) is 0 Å². The molecule has 0 bridgehead atoms. The van der Waals surface area contributed by atoms with Gasteiger partial charge in [-0.1, -0.05) is 231 Å². The van der Waals surface area contributed by atoms with Crippen LogP contribution in [0.5, 0.6) is 0 Å². The van der Waals surface area contributed by atoms with Crippen molar-refractivity contribution in [3.63, 3.8) is 0 Å². The molecule has 1 heterocycles. The maximum absolute atomic E-state index is 2.53. The van der Waals surface area contributed by atoms with Crippen molar-refractivity contribution < 1.29 is 0 Å². The molecule has 2 aliphatic carbocycles. The Labute approximate surface area is 470 Å². The Balaban J connectivity index is 0.896. The summed E-state index contributed by atoms with van der Waals surface area (Å²) in [5.41, 5.74) is 23.9. The van der Waals surface area contributed by atoms with Crippen LogP contribution in [0.3, 0.4) is 0 Å². The van der Waals surface area contributed by atoms with Crippen molar-refractivity contribution in [2.45, 2.75) is 5.41 Å². The lowest BCUT2D eigenvalue weighted by Gasteiger charge is -2.32. The smallest absolute Gasteiger partial charge is 0.0726 e. The molecule has 0 fully saturated rings. The Morgan fingerprint density at radius 2 is 0.691 bits per heavy atom. The van der Waals surface area contributed by atoms with Gasteiger partial charge in [0.2, 0.25) is 0 Å². The fourth-order valence-electron chi connectivity index (χ4n) is 14.3. The standard InChI is InChI=1S/C79H50N2/c1-3-20-52(21-4-1)77-66-28-9-11-30-68(66)78(69-31-12-10-29-67(69)77)53-37-40-58(41-38-53)80(59-43-46-76-70(49-59)65-27-15-18-34-75(65)81(76)57-23-5-2-6-24-57)60-42-45-64-63-44-39-56(55-36-35-51-19-7-8-22-54(51)47-55)48-73(63)79(74(64)50-60)71-32-16-13-25-61(71)62-26-14-17-33-72(62)79/h1-50H. The molecule has 0 saturated carbocycles. The van der Waals surface area contributed by atoms with E-state index in [0.29, 0.717) is 0 Å². The third-order valence-electron chi connectivity index (χ3n) is 17.8. The van der Waals surface area contributed by atoms with Crippen LogP contribution in [0.1, 0.15) is 22.3 Å². The van der Waals surface area contributed by atoms with E-state index in [4.69, 9.17) is 0 Å². The zero-order valence-corrected chi connectivity index (χ0v) is 44.3. The predicted molar refractivity (Wildman–Crippen MR) is 341 cm³/mol. The normalized spacial score (nSPS) is 12.8. The number of nitrogens with zero attached hydrogens (tertiary/aromatic N) is 2. The molecule has 0 radical (unpaired) electrons. The molecule has 2 nitrogen and oxygen atoms in total. The van der Waals surface area contributed by atoms with Gasteiger partial charge < -0.3 is 9.47 Å². The van der Waals surface area contributed by atoms with E-state index >= 15 is 0 Å². The molecule has 1 aromatic heterocycles. The lowest BCUT2D eigenvalue weighted by Crippen LogP contribution is -2.26. The van der Waals surface area contributed by atoms with E-state index in [1.165, 1.54) is 132 Å². The Kier molecular flexibility index (Phi) is 9.96. The molecule has 15 aromatic rings. The Bertz CT molecular complexity index is 4940. The third kappa shape index (κ3) is 6.68. The fourth-order valence-corrected chi connectivity index (χ4v) is 14.3. The lowest BCUT2D eigenvalue weighted by atomic mass is 9.70. The van der Waals surface area contributed by atoms with Crippen molar-refractivity contribution in [3.05, 3.63) is 326 Å². The van der Waals surface area contributed by atoms with E-state index in [-0.39, 0.29) is 0 Å². The van der Waals surface area contributed by atoms with Gasteiger partial charge in [-0.15, -0.1) is 0 Å². The summed E-state index contributed by atoms with van der Waals surface area (Å²) in [6.07, 6.45) is 0. The minimum atomic E-state index is -0.572. The van der Waals surface area contributed by atoms with Crippen LogP contribution in [0.2, 0.25) is 0 Å². The van der Waals surface area contributed by atoms with Crippen molar-refractivity contribution in [2.75, 3.05) is 4.90 Å². The fraction of sp³-hybridized carbons (Fsp3) is 0.0127. The van der Waals surface area contributed by atoms with E-state index in [1.54, 1.807) is 0 Å². The van der Waals surface area contributed by atoms with Crippen LogP contribution in [-0.4, -0.2) is 4.57 Å². The van der Waals surface area contributed by atoms with Gasteiger partial charge in [0.05, 0.1) is 16.4 Å². The topological polar surface area (TPSA) is 8.17 Å². The summed E-state index contributed by atoms with van der Waals surface area (Å²) in [6, 6.07) is 113. The second kappa shape index (κ2) is 17.7. The summed E-state index contributed by atoms with van der Waals surface area (Å²) < 4.78 is 2.41. The minimum Gasteiger partial charge on any atom is -0.310 e. The van der Waals surface area contributed by atoms with Gasteiger partial charge in [-0.3, -0.25) is 0 Å². The first kappa shape index (κ1) is 45.5. The molecule has 0 unspecified atom stereocenters. The molecular formula is C79H50N2. The molecule has 2 aliphatic rings. The molecule has 1 spiro atoms. The Hall–Kier alpha value is -10.5. The number of rotatable bonds is 7. The Morgan fingerprint density at radius 1 is 0.247 bits per heavy atom. The largest absolute Gasteiger partial charge is 0.310 e. The molecule has 0 N–H and O–H groups in total. The van der Waals surface area contributed by atoms with Gasteiger partial charge in [-0.2, -0.15) is 0 Å². The van der Waals surface area contributed by atoms with Gasteiger partial charge in [0.1, 0.15) is 0 Å². The lowest BCUT2D eigenvalue weighted by molar-refractivity contribution is 0.794. The molecule has 14 aromatic carbocycles. The highest BCUT2D eigenvalue weighted by Gasteiger charge is 2.52. The zero-order valence-electron chi connectivity index (χ0n) is 44.3. The molecule has 0 amide bonds. The van der Waals surface area contributed by atoms with E-state index in [0.717, 1.165) is 22.7 Å². The number of aromatic nitrogens is 1. The van der Waals surface area contributed by atoms with Gasteiger partial charge in [-0.25, -0.2) is 0 Å². The predicted octanol–water partition coefficient (Wildman–Crippen LogP) is 21.1. The third-order valence-corrected chi connectivity index (χ3v) is 17.8. The number of hydrogen-bond donors (Lipinski definition) is 0. The maximum Gasteiger partial charge on any atom is 0.0726 e. The summed E-state index contributed by atoms with van der Waals surface area (Å²) in [4.78, 5) is 2.50. The maximum atomic E-state index is 2.53. The molecular weight excluding hydrogens is 977 g/mol. The average Bonchev–Trinajstić information content (AvgIpc) is 3.40. The number of para-hydroxylation sites is 2. The summed E-state index contributed by atoms with van der Waals surface area (Å²) in [5.74, 6) is 0. The van der Waals surface area contributed by atoms with Crippen molar-refractivity contribution in [3.8, 4) is 61.3 Å². The van der Waals surface area contributed by atoms with Crippen molar-refractivity contribution in [1.82, 2.24) is 4.57 Å². The summed E-state index contributed by atoms with van der Waals surface area (Å²) >= 11 is 0. The molecule has 376 valence electrons. The first-order valence-electron chi connectivity index (χ1n) is 28.2. The van der Waals surface area contributed by atoms with Gasteiger partial charge in [0.15, 0.2) is 0 Å². The van der Waals surface area contributed by atoms with Crippen LogP contribution in [0.25, 0.3) is 115 Å². The molecule has 0 saturated heterocycles. The first-order valence-corrected chi connectivity index (χ1v) is 28.2. The second-order valence-corrected chi connectivity index (χ2v) is 21.9. The van der Waals surface area contributed by atoms with Gasteiger partial charge in [-0.05, 0) is 183 Å². The second-order valence-electron chi connectivity index (χ2n) is 21.9. The van der Waals surface area contributed by atoms with E-state index in [9.17, 15) is 0 Å². The van der Waals surface area contributed by atoms with Crippen LogP contribution in [0.4, 0.5) is 17.1 Å². The van der Waals surface area contributed by atoms with Gasteiger partial charge in [0, 0.05) is 33.5 Å². The minimum absolute atomic E-state index is 0.572. The average molecular weight is 1030 g/mol. The van der Waals surface area contributed by atoms with Crippen LogP contribution in [0.15, 0.2) is 303 Å². The van der Waals surface area contributed by atoms with Crippen LogP contribution in [0, 0.1) is 0 Å². The highest BCUT2D eigenvalue weighted by molar-refractivity contribution is 6.21. The molecule has 0 atom stereocenters. The quantitative estimate of drug-likeness (QED) is 0.144. The highest BCUT2D eigenvalue weighted by atomic mass is 15.1. The van der Waals surface area contributed by atoms with E-state index < -0.39 is 5.41 Å².